The van der Waals surface area contributed by atoms with Crippen molar-refractivity contribution in [1.29, 1.82) is 0 Å². The van der Waals surface area contributed by atoms with Gasteiger partial charge in [-0.1, -0.05) is 12.1 Å². The lowest BCUT2D eigenvalue weighted by Crippen LogP contribution is -2.18. The highest BCUT2D eigenvalue weighted by molar-refractivity contribution is 5.32. The van der Waals surface area contributed by atoms with E-state index in [2.05, 4.69) is 17.3 Å². The summed E-state index contributed by atoms with van der Waals surface area (Å²) < 4.78 is 7.12. The Kier molecular flexibility index (Phi) is 4.29. The van der Waals surface area contributed by atoms with Gasteiger partial charge in [0.2, 0.25) is 5.88 Å². The minimum absolute atomic E-state index is 0.131. The van der Waals surface area contributed by atoms with E-state index in [1.165, 1.54) is 0 Å². The highest BCUT2D eigenvalue weighted by atomic mass is 16.5. The van der Waals surface area contributed by atoms with Crippen LogP contribution >= 0.6 is 0 Å². The van der Waals surface area contributed by atoms with Crippen LogP contribution in [0.3, 0.4) is 0 Å². The summed E-state index contributed by atoms with van der Waals surface area (Å²) in [6.45, 7) is 4.70. The number of aromatic nitrogens is 2. The lowest BCUT2D eigenvalue weighted by molar-refractivity contribution is 0.367. The monoisotopic (exact) mass is 275 g/mol. The molecule has 0 bridgehead atoms. The van der Waals surface area contributed by atoms with Gasteiger partial charge in [0.15, 0.2) is 0 Å². The smallest absolute Gasteiger partial charge is 0.216 e. The van der Waals surface area contributed by atoms with Crippen molar-refractivity contribution in [3.05, 3.63) is 41.1 Å². The molecular formula is C15H21N3O2. The second-order valence-electron chi connectivity index (χ2n) is 4.89. The number of ether oxygens (including phenoxy) is 1. The Morgan fingerprint density at radius 2 is 2.20 bits per heavy atom. The standard InChI is InChI=1S/C15H21N3O2/c1-10(12-6-5-7-13(19)8-12)16-9-14-11(2)17-18(3)15(14)20-4/h5-8,10,16,19H,9H2,1-4H3. The van der Waals surface area contributed by atoms with Gasteiger partial charge >= 0.3 is 0 Å². The summed E-state index contributed by atoms with van der Waals surface area (Å²) in [6.07, 6.45) is 0. The molecule has 1 aromatic heterocycles. The molecule has 0 radical (unpaired) electrons. The molecule has 0 fully saturated rings. The molecule has 0 aliphatic rings. The average molecular weight is 275 g/mol. The van der Waals surface area contributed by atoms with Gasteiger partial charge in [-0.3, -0.25) is 0 Å². The lowest BCUT2D eigenvalue weighted by atomic mass is 10.1. The Morgan fingerprint density at radius 1 is 1.45 bits per heavy atom. The van der Waals surface area contributed by atoms with Gasteiger partial charge in [0.1, 0.15) is 5.75 Å². The molecule has 108 valence electrons. The van der Waals surface area contributed by atoms with Crippen LogP contribution in [0.5, 0.6) is 11.6 Å². The molecule has 0 aliphatic heterocycles. The zero-order chi connectivity index (χ0) is 14.7. The Labute approximate surface area is 119 Å². The van der Waals surface area contributed by atoms with Gasteiger partial charge in [-0.15, -0.1) is 0 Å². The van der Waals surface area contributed by atoms with Crippen molar-refractivity contribution in [3.8, 4) is 11.6 Å². The number of benzene rings is 1. The fourth-order valence-electron chi connectivity index (χ4n) is 2.31. The summed E-state index contributed by atoms with van der Waals surface area (Å²) in [6, 6.07) is 7.41. The molecule has 0 aliphatic carbocycles. The molecule has 1 aromatic carbocycles. The molecule has 1 heterocycles. The van der Waals surface area contributed by atoms with Crippen LogP contribution in [0.2, 0.25) is 0 Å². The summed E-state index contributed by atoms with van der Waals surface area (Å²) in [5.74, 6) is 1.06. The van der Waals surface area contributed by atoms with Crippen LogP contribution in [-0.2, 0) is 13.6 Å². The lowest BCUT2D eigenvalue weighted by Gasteiger charge is -2.15. The number of nitrogens with zero attached hydrogens (tertiary/aromatic N) is 2. The van der Waals surface area contributed by atoms with E-state index >= 15 is 0 Å². The zero-order valence-corrected chi connectivity index (χ0v) is 12.3. The molecular weight excluding hydrogens is 254 g/mol. The first-order valence-corrected chi connectivity index (χ1v) is 6.61. The maximum absolute atomic E-state index is 9.52. The van der Waals surface area contributed by atoms with Gasteiger partial charge in [-0.25, -0.2) is 4.68 Å². The molecule has 1 unspecified atom stereocenters. The van der Waals surface area contributed by atoms with E-state index < -0.39 is 0 Å². The van der Waals surface area contributed by atoms with Crippen LogP contribution in [0.25, 0.3) is 0 Å². The molecule has 20 heavy (non-hydrogen) atoms. The van der Waals surface area contributed by atoms with E-state index in [9.17, 15) is 5.11 Å². The third-order valence-corrected chi connectivity index (χ3v) is 3.44. The second-order valence-corrected chi connectivity index (χ2v) is 4.89. The van der Waals surface area contributed by atoms with E-state index in [-0.39, 0.29) is 11.8 Å². The average Bonchev–Trinajstić information content (AvgIpc) is 2.69. The van der Waals surface area contributed by atoms with Crippen molar-refractivity contribution in [2.45, 2.75) is 26.4 Å². The van der Waals surface area contributed by atoms with Gasteiger partial charge in [-0.05, 0) is 31.5 Å². The van der Waals surface area contributed by atoms with Crippen LogP contribution in [0.1, 0.15) is 29.8 Å². The third kappa shape index (κ3) is 2.93. The Hall–Kier alpha value is -2.01. The minimum atomic E-state index is 0.131. The number of aryl methyl sites for hydroxylation is 2. The molecule has 1 atom stereocenters. The number of phenols is 1. The van der Waals surface area contributed by atoms with E-state index in [4.69, 9.17) is 4.74 Å². The summed E-state index contributed by atoms with van der Waals surface area (Å²) in [5.41, 5.74) is 3.06. The number of hydrogen-bond donors (Lipinski definition) is 2. The van der Waals surface area contributed by atoms with E-state index in [0.717, 1.165) is 22.7 Å². The second kappa shape index (κ2) is 5.96. The van der Waals surface area contributed by atoms with Crippen molar-refractivity contribution >= 4 is 0 Å². The SMILES string of the molecule is COc1c(CNC(C)c2cccc(O)c2)c(C)nn1C. The zero-order valence-electron chi connectivity index (χ0n) is 12.3. The van der Waals surface area contributed by atoms with Crippen LogP contribution in [-0.4, -0.2) is 22.0 Å². The van der Waals surface area contributed by atoms with Crippen molar-refractivity contribution < 1.29 is 9.84 Å². The van der Waals surface area contributed by atoms with E-state index in [1.807, 2.05) is 26.1 Å². The summed E-state index contributed by atoms with van der Waals surface area (Å²) >= 11 is 0. The van der Waals surface area contributed by atoms with Crippen molar-refractivity contribution in [2.75, 3.05) is 7.11 Å². The van der Waals surface area contributed by atoms with Crippen LogP contribution in [0, 0.1) is 6.92 Å². The molecule has 0 spiro atoms. The Morgan fingerprint density at radius 3 is 2.85 bits per heavy atom. The normalized spacial score (nSPS) is 12.4. The van der Waals surface area contributed by atoms with Crippen molar-refractivity contribution in [1.82, 2.24) is 15.1 Å². The predicted octanol–water partition coefficient (Wildman–Crippen LogP) is 2.29. The van der Waals surface area contributed by atoms with Gasteiger partial charge in [0.05, 0.1) is 18.4 Å². The third-order valence-electron chi connectivity index (χ3n) is 3.44. The fraction of sp³-hybridized carbons (Fsp3) is 0.400. The predicted molar refractivity (Wildman–Crippen MR) is 77.9 cm³/mol. The van der Waals surface area contributed by atoms with Crippen LogP contribution in [0.4, 0.5) is 0 Å². The highest BCUT2D eigenvalue weighted by Crippen LogP contribution is 2.23. The first-order valence-electron chi connectivity index (χ1n) is 6.61. The first-order chi connectivity index (χ1) is 9.52. The van der Waals surface area contributed by atoms with Gasteiger partial charge in [0, 0.05) is 19.6 Å². The number of nitrogens with one attached hydrogen (secondary N) is 1. The van der Waals surface area contributed by atoms with Crippen LogP contribution in [0.15, 0.2) is 24.3 Å². The number of methoxy groups -OCH3 is 1. The van der Waals surface area contributed by atoms with Gasteiger partial charge in [-0.2, -0.15) is 5.10 Å². The minimum Gasteiger partial charge on any atom is -0.508 e. The molecule has 2 N–H and O–H groups in total. The molecule has 2 aromatic rings. The molecule has 5 heteroatoms. The maximum Gasteiger partial charge on any atom is 0.216 e. The Balaban J connectivity index is 2.09. The van der Waals surface area contributed by atoms with Crippen molar-refractivity contribution in [3.63, 3.8) is 0 Å². The van der Waals surface area contributed by atoms with Gasteiger partial charge < -0.3 is 15.2 Å². The maximum atomic E-state index is 9.52. The van der Waals surface area contributed by atoms with E-state index in [1.54, 1.807) is 23.9 Å². The molecule has 0 saturated carbocycles. The van der Waals surface area contributed by atoms with Gasteiger partial charge in [0.25, 0.3) is 0 Å². The summed E-state index contributed by atoms with van der Waals surface area (Å²) in [7, 11) is 3.52. The molecule has 0 amide bonds. The molecule has 0 saturated heterocycles. The number of phenolic OH excluding ortho intramolecular Hbond substituents is 1. The summed E-state index contributed by atoms with van der Waals surface area (Å²) in [4.78, 5) is 0. The highest BCUT2D eigenvalue weighted by Gasteiger charge is 2.15. The van der Waals surface area contributed by atoms with Crippen molar-refractivity contribution in [2.24, 2.45) is 7.05 Å². The topological polar surface area (TPSA) is 59.3 Å². The van der Waals surface area contributed by atoms with E-state index in [0.29, 0.717) is 6.54 Å². The largest absolute Gasteiger partial charge is 0.508 e. The first kappa shape index (κ1) is 14.4. The number of hydrogen-bond acceptors (Lipinski definition) is 4. The number of aromatic hydroxyl groups is 1. The molecule has 5 nitrogen and oxygen atoms in total. The van der Waals surface area contributed by atoms with Crippen LogP contribution < -0.4 is 10.1 Å². The fourth-order valence-corrected chi connectivity index (χ4v) is 2.31. The quantitative estimate of drug-likeness (QED) is 0.879. The molecule has 2 rings (SSSR count). The summed E-state index contributed by atoms with van der Waals surface area (Å²) in [5, 5.41) is 17.3. The number of rotatable bonds is 5. The Bertz CT molecular complexity index is 593.